The Hall–Kier alpha value is -1.20. The molecule has 7 heteroatoms. The molecule has 0 spiro atoms. The number of hydrogen-bond acceptors (Lipinski definition) is 4. The molecular weight excluding hydrogens is 498 g/mol. The van der Waals surface area contributed by atoms with E-state index in [1.54, 1.807) is 24.3 Å². The highest BCUT2D eigenvalue weighted by atomic mass is 127. The first-order chi connectivity index (χ1) is 9.47. The highest BCUT2D eigenvalue weighted by Crippen LogP contribution is 2.13. The summed E-state index contributed by atoms with van der Waals surface area (Å²) in [6.07, 6.45) is 1.52. The maximum Gasteiger partial charge on any atom is 0.152 e. The molecule has 2 aromatic carbocycles. The summed E-state index contributed by atoms with van der Waals surface area (Å²) < 4.78 is 2.04. The van der Waals surface area contributed by atoms with E-state index in [0.717, 1.165) is 19.7 Å². The van der Waals surface area contributed by atoms with Crippen molar-refractivity contribution >= 4 is 69.1 Å². The Morgan fingerprint density at radius 1 is 0.762 bits per heavy atom. The largest absolute Gasteiger partial charge is 0.412 e. The number of aldehydes is 2. The van der Waals surface area contributed by atoms with Crippen molar-refractivity contribution in [3.05, 3.63) is 54.7 Å². The molecule has 0 aliphatic rings. The number of nitrogen functional groups attached to an aromatic ring is 2. The van der Waals surface area contributed by atoms with Gasteiger partial charge >= 0.3 is 0 Å². The maximum atomic E-state index is 10.3. The molecular formula is C14H14I2N2O3. The molecule has 0 saturated carbocycles. The van der Waals surface area contributed by atoms with Gasteiger partial charge in [-0.15, -0.1) is 0 Å². The Balaban J connectivity index is 0.000000364. The number of nitrogens with two attached hydrogens (primary N) is 2. The van der Waals surface area contributed by atoms with Gasteiger partial charge in [-0.1, -0.05) is 0 Å². The molecule has 6 N–H and O–H groups in total. The molecule has 112 valence electrons. The molecule has 0 fully saturated rings. The first kappa shape index (κ1) is 19.8. The van der Waals surface area contributed by atoms with Crippen molar-refractivity contribution in [2.45, 2.75) is 0 Å². The second-order valence-corrected chi connectivity index (χ2v) is 6.27. The summed E-state index contributed by atoms with van der Waals surface area (Å²) in [6, 6.07) is 10.7. The molecule has 0 aliphatic carbocycles. The molecule has 2 rings (SSSR count). The Kier molecular flexibility index (Phi) is 9.13. The van der Waals surface area contributed by atoms with Gasteiger partial charge in [0.2, 0.25) is 0 Å². The summed E-state index contributed by atoms with van der Waals surface area (Å²) in [5.41, 5.74) is 13.1. The van der Waals surface area contributed by atoms with Gasteiger partial charge in [-0.2, -0.15) is 0 Å². The lowest BCUT2D eigenvalue weighted by molar-refractivity contribution is 0.111. The van der Waals surface area contributed by atoms with E-state index in [2.05, 4.69) is 45.2 Å². The Morgan fingerprint density at radius 3 is 1.33 bits per heavy atom. The van der Waals surface area contributed by atoms with Gasteiger partial charge in [-0.05, 0) is 81.6 Å². The second kappa shape index (κ2) is 9.68. The fourth-order valence-corrected chi connectivity index (χ4v) is 2.33. The molecule has 0 unspecified atom stereocenters. The number of carbonyl (C=O) groups is 2. The topological polar surface area (TPSA) is 118 Å². The predicted octanol–water partition coefficient (Wildman–Crippen LogP) is 2.55. The molecule has 0 aromatic heterocycles. The van der Waals surface area contributed by atoms with E-state index in [4.69, 9.17) is 11.5 Å². The van der Waals surface area contributed by atoms with Crippen LogP contribution in [0, 0.1) is 7.14 Å². The zero-order valence-corrected chi connectivity index (χ0v) is 15.2. The minimum absolute atomic E-state index is 0. The minimum Gasteiger partial charge on any atom is -0.412 e. The highest BCUT2D eigenvalue weighted by molar-refractivity contribution is 14.1. The van der Waals surface area contributed by atoms with Crippen LogP contribution in [0.5, 0.6) is 0 Å². The number of anilines is 2. The van der Waals surface area contributed by atoms with Crippen LogP contribution >= 0.6 is 45.2 Å². The lowest BCUT2D eigenvalue weighted by atomic mass is 10.2. The van der Waals surface area contributed by atoms with E-state index in [1.165, 1.54) is 0 Å². The van der Waals surface area contributed by atoms with E-state index in [0.29, 0.717) is 22.5 Å². The molecule has 5 nitrogen and oxygen atoms in total. The van der Waals surface area contributed by atoms with Crippen molar-refractivity contribution in [2.75, 3.05) is 11.5 Å². The average Bonchev–Trinajstić information content (AvgIpc) is 2.44. The molecule has 0 aliphatic heterocycles. The van der Waals surface area contributed by atoms with Crippen LogP contribution in [0.4, 0.5) is 11.4 Å². The Labute approximate surface area is 149 Å². The SMILES string of the molecule is Nc1ccc(I)cc1C=O.Nc1ccc(I)cc1C=O.O. The van der Waals surface area contributed by atoms with E-state index in [-0.39, 0.29) is 5.48 Å². The smallest absolute Gasteiger partial charge is 0.152 e. The molecule has 0 saturated heterocycles. The van der Waals surface area contributed by atoms with Crippen LogP contribution < -0.4 is 11.5 Å². The van der Waals surface area contributed by atoms with Crippen LogP contribution in [-0.2, 0) is 0 Å². The Morgan fingerprint density at radius 2 is 1.10 bits per heavy atom. The van der Waals surface area contributed by atoms with Gasteiger partial charge in [-0.3, -0.25) is 9.59 Å². The van der Waals surface area contributed by atoms with Crippen LogP contribution in [0.25, 0.3) is 0 Å². The van der Waals surface area contributed by atoms with Crippen molar-refractivity contribution in [1.29, 1.82) is 0 Å². The first-order valence-electron chi connectivity index (χ1n) is 5.48. The summed E-state index contributed by atoms with van der Waals surface area (Å²) in [7, 11) is 0. The fourth-order valence-electron chi connectivity index (χ4n) is 1.30. The average molecular weight is 512 g/mol. The van der Waals surface area contributed by atoms with Gasteiger partial charge in [0.15, 0.2) is 12.6 Å². The van der Waals surface area contributed by atoms with Crippen molar-refractivity contribution in [3.63, 3.8) is 0 Å². The molecule has 2 aromatic rings. The van der Waals surface area contributed by atoms with E-state index >= 15 is 0 Å². The highest BCUT2D eigenvalue weighted by Gasteiger charge is 1.96. The number of rotatable bonds is 2. The van der Waals surface area contributed by atoms with Crippen LogP contribution in [0.3, 0.4) is 0 Å². The first-order valence-corrected chi connectivity index (χ1v) is 7.64. The molecule has 0 amide bonds. The third kappa shape index (κ3) is 6.40. The fraction of sp³-hybridized carbons (Fsp3) is 0. The standard InChI is InChI=1S/2C7H6INO.H2O/c2*8-6-1-2-7(9)5(3-6)4-10;/h2*1-4H,9H2;1H2. The van der Waals surface area contributed by atoms with Crippen molar-refractivity contribution in [3.8, 4) is 0 Å². The van der Waals surface area contributed by atoms with Crippen LogP contribution in [0.1, 0.15) is 20.7 Å². The normalized spacial score (nSPS) is 8.86. The summed E-state index contributed by atoms with van der Waals surface area (Å²) in [5.74, 6) is 0. The van der Waals surface area contributed by atoms with Gasteiger partial charge < -0.3 is 16.9 Å². The molecule has 0 radical (unpaired) electrons. The number of halogens is 2. The summed E-state index contributed by atoms with van der Waals surface area (Å²) in [5, 5.41) is 0. The third-order valence-electron chi connectivity index (χ3n) is 2.35. The third-order valence-corrected chi connectivity index (χ3v) is 3.69. The number of carbonyl (C=O) groups excluding carboxylic acids is 2. The number of benzene rings is 2. The summed E-state index contributed by atoms with van der Waals surface area (Å²) >= 11 is 4.26. The van der Waals surface area contributed by atoms with Crippen LogP contribution in [0.2, 0.25) is 0 Å². The van der Waals surface area contributed by atoms with E-state index < -0.39 is 0 Å². The molecule has 0 heterocycles. The summed E-state index contributed by atoms with van der Waals surface area (Å²) in [4.78, 5) is 20.6. The quantitative estimate of drug-likeness (QED) is 0.366. The van der Waals surface area contributed by atoms with Gasteiger partial charge in [0.05, 0.1) is 0 Å². The van der Waals surface area contributed by atoms with E-state index in [1.807, 2.05) is 12.1 Å². The zero-order valence-electron chi connectivity index (χ0n) is 10.8. The molecule has 0 atom stereocenters. The monoisotopic (exact) mass is 512 g/mol. The molecule has 21 heavy (non-hydrogen) atoms. The lowest BCUT2D eigenvalue weighted by Crippen LogP contribution is -1.92. The van der Waals surface area contributed by atoms with Gasteiger partial charge in [0, 0.05) is 29.6 Å². The van der Waals surface area contributed by atoms with E-state index in [9.17, 15) is 9.59 Å². The minimum atomic E-state index is 0. The van der Waals surface area contributed by atoms with Crippen molar-refractivity contribution in [1.82, 2.24) is 0 Å². The summed E-state index contributed by atoms with van der Waals surface area (Å²) in [6.45, 7) is 0. The molecule has 0 bridgehead atoms. The van der Waals surface area contributed by atoms with Gasteiger partial charge in [0.1, 0.15) is 0 Å². The lowest BCUT2D eigenvalue weighted by Gasteiger charge is -1.96. The maximum absolute atomic E-state index is 10.3. The van der Waals surface area contributed by atoms with Crippen LogP contribution in [-0.4, -0.2) is 18.0 Å². The van der Waals surface area contributed by atoms with Crippen LogP contribution in [0.15, 0.2) is 36.4 Å². The number of hydrogen-bond donors (Lipinski definition) is 2. The van der Waals surface area contributed by atoms with Gasteiger partial charge in [0.25, 0.3) is 0 Å². The van der Waals surface area contributed by atoms with Crippen molar-refractivity contribution in [2.24, 2.45) is 0 Å². The second-order valence-electron chi connectivity index (χ2n) is 3.78. The predicted molar refractivity (Wildman–Crippen MR) is 102 cm³/mol. The zero-order chi connectivity index (χ0) is 15.1. The van der Waals surface area contributed by atoms with Gasteiger partial charge in [-0.25, -0.2) is 0 Å². The van der Waals surface area contributed by atoms with Crippen molar-refractivity contribution < 1.29 is 15.1 Å². The Bertz CT molecular complexity index is 578.